The maximum atomic E-state index is 12.4. The molecule has 2 aliphatic rings. The van der Waals surface area contributed by atoms with Crippen LogP contribution in [-0.4, -0.2) is 52.7 Å². The highest BCUT2D eigenvalue weighted by atomic mass is 16.7. The molecule has 8 heteroatoms. The van der Waals surface area contributed by atoms with Crippen molar-refractivity contribution in [3.8, 4) is 11.1 Å². The minimum Gasteiger partial charge on any atom is -0.481 e. The number of aliphatic hydroxyl groups excluding tert-OH is 1. The Labute approximate surface area is 285 Å². The molecule has 48 heavy (non-hydrogen) atoms. The number of carbonyl (C=O) groups is 2. The smallest absolute Gasteiger partial charge is 0.303 e. The third kappa shape index (κ3) is 11.3. The molecule has 3 atom stereocenters. The summed E-state index contributed by atoms with van der Waals surface area (Å²) in [7, 11) is 0. The number of rotatable bonds is 15. The van der Waals surface area contributed by atoms with Crippen LogP contribution < -0.4 is 5.32 Å². The molecule has 2 fully saturated rings. The van der Waals surface area contributed by atoms with E-state index >= 15 is 0 Å². The van der Waals surface area contributed by atoms with Gasteiger partial charge in [-0.15, -0.1) is 0 Å². The number of carbonyl (C=O) groups excluding carboxylic acids is 1. The van der Waals surface area contributed by atoms with Crippen LogP contribution >= 0.6 is 0 Å². The number of hydrogen-bond acceptors (Lipinski definition) is 6. The van der Waals surface area contributed by atoms with E-state index in [9.17, 15) is 14.7 Å². The lowest BCUT2D eigenvalue weighted by molar-refractivity contribution is -0.253. The third-order valence-corrected chi connectivity index (χ3v) is 9.48. The first kappa shape index (κ1) is 35.7. The minimum absolute atomic E-state index is 0.0121. The zero-order chi connectivity index (χ0) is 33.6. The molecule has 0 radical (unpaired) electrons. The summed E-state index contributed by atoms with van der Waals surface area (Å²) in [6.07, 6.45) is 10.3. The average molecular weight is 657 g/mol. The van der Waals surface area contributed by atoms with Crippen LogP contribution in [0.2, 0.25) is 0 Å². The summed E-state index contributed by atoms with van der Waals surface area (Å²) in [5, 5.41) is 21.4. The molecule has 0 aliphatic carbocycles. The van der Waals surface area contributed by atoms with Crippen molar-refractivity contribution in [3.63, 3.8) is 0 Å². The van der Waals surface area contributed by atoms with E-state index in [2.05, 4.69) is 58.7 Å². The number of likely N-dealkylation sites (tertiary alicyclic amines) is 1. The zero-order valence-electron chi connectivity index (χ0n) is 28.2. The quantitative estimate of drug-likeness (QED) is 0.144. The lowest BCUT2D eigenvalue weighted by Gasteiger charge is -2.39. The van der Waals surface area contributed by atoms with E-state index in [0.717, 1.165) is 78.7 Å². The van der Waals surface area contributed by atoms with Crippen molar-refractivity contribution < 1.29 is 29.3 Å². The second-order valence-corrected chi connectivity index (χ2v) is 13.3. The Morgan fingerprint density at radius 2 is 1.44 bits per heavy atom. The van der Waals surface area contributed by atoms with Crippen molar-refractivity contribution in [3.05, 3.63) is 95.1 Å². The van der Waals surface area contributed by atoms with Crippen LogP contribution in [0.25, 0.3) is 11.1 Å². The molecule has 2 saturated heterocycles. The molecule has 0 bridgehead atoms. The topological polar surface area (TPSA) is 108 Å². The monoisotopic (exact) mass is 656 g/mol. The molecular weight excluding hydrogens is 604 g/mol. The molecule has 3 aromatic rings. The largest absolute Gasteiger partial charge is 0.481 e. The summed E-state index contributed by atoms with van der Waals surface area (Å²) in [6, 6.07) is 24.7. The molecule has 0 spiro atoms. The molecule has 2 aliphatic heterocycles. The van der Waals surface area contributed by atoms with E-state index in [1.165, 1.54) is 32.1 Å². The highest BCUT2D eigenvalue weighted by Crippen LogP contribution is 2.39. The number of nitrogens with one attached hydrogen (secondary N) is 1. The van der Waals surface area contributed by atoms with Gasteiger partial charge in [0.2, 0.25) is 5.91 Å². The first-order valence-corrected chi connectivity index (χ1v) is 17.9. The summed E-state index contributed by atoms with van der Waals surface area (Å²) < 4.78 is 13.4. The molecule has 8 nitrogen and oxygen atoms in total. The fraction of sp³-hybridized carbons (Fsp3) is 0.500. The van der Waals surface area contributed by atoms with Crippen LogP contribution in [0, 0.1) is 0 Å². The predicted octanol–water partition coefficient (Wildman–Crippen LogP) is 7.70. The van der Waals surface area contributed by atoms with Crippen molar-refractivity contribution in [2.24, 2.45) is 0 Å². The van der Waals surface area contributed by atoms with E-state index in [-0.39, 0.29) is 31.1 Å². The first-order chi connectivity index (χ1) is 23.5. The Bertz CT molecular complexity index is 1440. The van der Waals surface area contributed by atoms with Gasteiger partial charge in [0.05, 0.1) is 18.8 Å². The van der Waals surface area contributed by atoms with Gasteiger partial charge in [0, 0.05) is 37.9 Å². The van der Waals surface area contributed by atoms with Crippen molar-refractivity contribution in [2.45, 2.75) is 109 Å². The highest BCUT2D eigenvalue weighted by Gasteiger charge is 2.33. The van der Waals surface area contributed by atoms with Gasteiger partial charge in [-0.05, 0) is 78.7 Å². The molecule has 1 amide bonds. The van der Waals surface area contributed by atoms with Crippen molar-refractivity contribution in [1.82, 2.24) is 10.2 Å². The van der Waals surface area contributed by atoms with Gasteiger partial charge in [0.25, 0.3) is 0 Å². The molecule has 5 rings (SSSR count). The normalized spacial score (nSPS) is 20.5. The molecule has 258 valence electrons. The number of nitrogens with zero attached hydrogens (tertiary/aromatic N) is 1. The van der Waals surface area contributed by atoms with Gasteiger partial charge in [-0.3, -0.25) is 9.59 Å². The summed E-state index contributed by atoms with van der Waals surface area (Å²) >= 11 is 0. The van der Waals surface area contributed by atoms with Gasteiger partial charge in [0.1, 0.15) is 0 Å². The van der Waals surface area contributed by atoms with Crippen LogP contribution in [0.3, 0.4) is 0 Å². The first-order valence-electron chi connectivity index (χ1n) is 17.9. The number of benzene rings is 3. The second-order valence-electron chi connectivity index (χ2n) is 13.3. The van der Waals surface area contributed by atoms with Crippen molar-refractivity contribution >= 4 is 11.9 Å². The van der Waals surface area contributed by atoms with Crippen molar-refractivity contribution in [2.75, 3.05) is 19.6 Å². The Balaban J connectivity index is 1.24. The van der Waals surface area contributed by atoms with E-state index in [1.54, 1.807) is 0 Å². The molecule has 0 aromatic heterocycles. The fourth-order valence-electron chi connectivity index (χ4n) is 6.75. The van der Waals surface area contributed by atoms with Gasteiger partial charge < -0.3 is 29.9 Å². The highest BCUT2D eigenvalue weighted by molar-refractivity contribution is 5.76. The molecule has 0 saturated carbocycles. The molecule has 2 heterocycles. The van der Waals surface area contributed by atoms with Crippen LogP contribution in [0.15, 0.2) is 72.8 Å². The molecule has 3 aromatic carbocycles. The summed E-state index contributed by atoms with van der Waals surface area (Å²) in [5.41, 5.74) is 6.11. The zero-order valence-corrected chi connectivity index (χ0v) is 28.2. The predicted molar refractivity (Wildman–Crippen MR) is 187 cm³/mol. The molecule has 3 N–H and O–H groups in total. The molecule has 3 unspecified atom stereocenters. The third-order valence-electron chi connectivity index (χ3n) is 9.48. The van der Waals surface area contributed by atoms with E-state index in [4.69, 9.17) is 14.6 Å². The van der Waals surface area contributed by atoms with Gasteiger partial charge in [-0.25, -0.2) is 0 Å². The summed E-state index contributed by atoms with van der Waals surface area (Å²) in [4.78, 5) is 25.7. The van der Waals surface area contributed by atoms with Crippen molar-refractivity contribution in [1.29, 1.82) is 0 Å². The number of carboxylic acids is 1. The SMILES string of the molecule is O=C(O)CCCCCCC(=O)NCc1cccc(-c2cccc(C3OC(CN4CCCCCCC4)CC(c4ccc(CO)cc4)O3)c2)c1. The van der Waals surface area contributed by atoms with Gasteiger partial charge >= 0.3 is 5.97 Å². The minimum atomic E-state index is -0.768. The van der Waals surface area contributed by atoms with Crippen LogP contribution in [0.1, 0.15) is 112 Å². The van der Waals surface area contributed by atoms with Crippen LogP contribution in [0.5, 0.6) is 0 Å². The Kier molecular flexibility index (Phi) is 14.0. The van der Waals surface area contributed by atoms with Crippen LogP contribution in [-0.2, 0) is 32.2 Å². The van der Waals surface area contributed by atoms with Gasteiger partial charge in [-0.2, -0.15) is 0 Å². The number of amides is 1. The van der Waals surface area contributed by atoms with E-state index < -0.39 is 12.3 Å². The van der Waals surface area contributed by atoms with Crippen LogP contribution in [0.4, 0.5) is 0 Å². The maximum Gasteiger partial charge on any atom is 0.303 e. The average Bonchev–Trinajstić information content (AvgIpc) is 3.10. The van der Waals surface area contributed by atoms with E-state index in [0.29, 0.717) is 19.4 Å². The Morgan fingerprint density at radius 1 is 0.750 bits per heavy atom. The molecular formula is C40H52N2O6. The summed E-state index contributed by atoms with van der Waals surface area (Å²) in [5.74, 6) is -0.756. The van der Waals surface area contributed by atoms with Gasteiger partial charge in [-0.1, -0.05) is 92.8 Å². The number of hydrogen-bond donors (Lipinski definition) is 3. The lowest BCUT2D eigenvalue weighted by Crippen LogP contribution is -2.40. The fourth-order valence-corrected chi connectivity index (χ4v) is 6.75. The van der Waals surface area contributed by atoms with Gasteiger partial charge in [0.15, 0.2) is 6.29 Å². The lowest BCUT2D eigenvalue weighted by atomic mass is 9.98. The number of ether oxygens (including phenoxy) is 2. The number of aliphatic carboxylic acids is 1. The maximum absolute atomic E-state index is 12.4. The Hall–Kier alpha value is -3.56. The standard InChI is InChI=1S/C40H52N2O6/c43-29-30-18-20-32(21-19-30)37-26-36(28-42-22-8-4-1-5-9-23-42)47-40(48-37)35-15-11-14-34(25-35)33-13-10-12-31(24-33)27-41-38(44)16-6-2-3-7-17-39(45)46/h10-15,18-21,24-25,36-37,40,43H,1-9,16-17,22-23,26-29H2,(H,41,44)(H,45,46). The number of carboxylic acid groups (broad SMARTS) is 1. The Morgan fingerprint density at radius 3 is 2.17 bits per heavy atom. The number of unbranched alkanes of at least 4 members (excludes halogenated alkanes) is 3. The second kappa shape index (κ2) is 18.8. The number of aliphatic hydroxyl groups is 1. The summed E-state index contributed by atoms with van der Waals surface area (Å²) in [6.45, 7) is 3.59. The van der Waals surface area contributed by atoms with E-state index in [1.807, 2.05) is 24.3 Å².